The van der Waals surface area contributed by atoms with Crippen LogP contribution >= 0.6 is 0 Å². The standard InChI is InChI=1S/C23H22FN7O2/c1-13(2)21(22(32)33)17-9-5-6-14(26-17)11-31-12-20(29-30-31)19-10-18(27-23(25)28-19)15-7-3-4-8-16(15)24/h3-10,12-13,21H,11H2,1-2H3,(H,32,33)(H2,25,27,28). The highest BCUT2D eigenvalue weighted by Crippen LogP contribution is 2.26. The van der Waals surface area contributed by atoms with E-state index < -0.39 is 17.7 Å². The van der Waals surface area contributed by atoms with Crippen molar-refractivity contribution in [3.8, 4) is 22.6 Å². The predicted octanol–water partition coefficient (Wildman–Crippen LogP) is 3.39. The molecule has 0 radical (unpaired) electrons. The summed E-state index contributed by atoms with van der Waals surface area (Å²) in [5.41, 5.74) is 8.47. The van der Waals surface area contributed by atoms with E-state index in [-0.39, 0.29) is 18.4 Å². The zero-order chi connectivity index (χ0) is 23.5. The normalized spacial score (nSPS) is 12.1. The van der Waals surface area contributed by atoms with Crippen molar-refractivity contribution in [2.75, 3.05) is 5.73 Å². The lowest BCUT2D eigenvalue weighted by Crippen LogP contribution is -2.19. The largest absolute Gasteiger partial charge is 0.481 e. The second-order valence-corrected chi connectivity index (χ2v) is 7.89. The third kappa shape index (κ3) is 4.84. The van der Waals surface area contributed by atoms with Gasteiger partial charge in [-0.05, 0) is 36.2 Å². The maximum atomic E-state index is 14.2. The lowest BCUT2D eigenvalue weighted by atomic mass is 9.92. The van der Waals surface area contributed by atoms with Gasteiger partial charge in [0.2, 0.25) is 5.95 Å². The number of rotatable bonds is 7. The molecule has 0 saturated heterocycles. The van der Waals surface area contributed by atoms with Gasteiger partial charge in [-0.25, -0.2) is 19.0 Å². The summed E-state index contributed by atoms with van der Waals surface area (Å²) in [6.45, 7) is 3.98. The number of hydrogen-bond donors (Lipinski definition) is 2. The van der Waals surface area contributed by atoms with Crippen molar-refractivity contribution in [3.63, 3.8) is 0 Å². The fourth-order valence-corrected chi connectivity index (χ4v) is 3.58. The summed E-state index contributed by atoms with van der Waals surface area (Å²) in [5, 5.41) is 17.8. The zero-order valence-electron chi connectivity index (χ0n) is 18.1. The van der Waals surface area contributed by atoms with Crippen molar-refractivity contribution in [3.05, 3.63) is 71.9 Å². The van der Waals surface area contributed by atoms with E-state index in [1.54, 1.807) is 53.3 Å². The monoisotopic (exact) mass is 447 g/mol. The van der Waals surface area contributed by atoms with Crippen LogP contribution in [-0.4, -0.2) is 41.0 Å². The van der Waals surface area contributed by atoms with E-state index in [9.17, 15) is 14.3 Å². The molecule has 0 amide bonds. The summed E-state index contributed by atoms with van der Waals surface area (Å²) >= 11 is 0. The van der Waals surface area contributed by atoms with Crippen LogP contribution in [0.25, 0.3) is 22.6 Å². The highest BCUT2D eigenvalue weighted by molar-refractivity contribution is 5.75. The van der Waals surface area contributed by atoms with Crippen LogP contribution in [0.4, 0.5) is 10.3 Å². The molecule has 1 atom stereocenters. The molecule has 3 aromatic heterocycles. The first-order chi connectivity index (χ1) is 15.8. The van der Waals surface area contributed by atoms with Crippen LogP contribution in [0, 0.1) is 11.7 Å². The van der Waals surface area contributed by atoms with Crippen molar-refractivity contribution in [2.24, 2.45) is 5.92 Å². The number of halogens is 1. The minimum atomic E-state index is -0.912. The van der Waals surface area contributed by atoms with Crippen LogP contribution in [0.5, 0.6) is 0 Å². The van der Waals surface area contributed by atoms with E-state index in [1.807, 2.05) is 13.8 Å². The van der Waals surface area contributed by atoms with E-state index >= 15 is 0 Å². The fourth-order valence-electron chi connectivity index (χ4n) is 3.58. The number of hydrogen-bond acceptors (Lipinski definition) is 7. The topological polar surface area (TPSA) is 133 Å². The maximum Gasteiger partial charge on any atom is 0.312 e. The van der Waals surface area contributed by atoms with Crippen LogP contribution in [0.15, 0.2) is 54.7 Å². The molecule has 0 aliphatic rings. The van der Waals surface area contributed by atoms with Crippen LogP contribution in [0.2, 0.25) is 0 Å². The van der Waals surface area contributed by atoms with Gasteiger partial charge in [0.1, 0.15) is 17.4 Å². The summed E-state index contributed by atoms with van der Waals surface area (Å²) < 4.78 is 15.8. The van der Waals surface area contributed by atoms with Gasteiger partial charge in [0, 0.05) is 5.56 Å². The Bertz CT molecular complexity index is 1310. The molecule has 0 aliphatic carbocycles. The molecule has 3 heterocycles. The second kappa shape index (κ2) is 9.11. The number of nitrogens with two attached hydrogens (primary N) is 1. The lowest BCUT2D eigenvalue weighted by molar-refractivity contribution is -0.140. The van der Waals surface area contributed by atoms with E-state index in [0.29, 0.717) is 34.0 Å². The van der Waals surface area contributed by atoms with Crippen LogP contribution < -0.4 is 5.73 Å². The number of benzene rings is 1. The van der Waals surface area contributed by atoms with Crippen molar-refractivity contribution in [1.29, 1.82) is 0 Å². The Morgan fingerprint density at radius 1 is 1.06 bits per heavy atom. The molecule has 4 aromatic rings. The van der Waals surface area contributed by atoms with Crippen molar-refractivity contribution in [1.82, 2.24) is 29.9 Å². The molecule has 0 fully saturated rings. The molecular weight excluding hydrogens is 425 g/mol. The highest BCUT2D eigenvalue weighted by atomic mass is 19.1. The van der Waals surface area contributed by atoms with Crippen LogP contribution in [-0.2, 0) is 11.3 Å². The predicted molar refractivity (Wildman–Crippen MR) is 119 cm³/mol. The zero-order valence-corrected chi connectivity index (χ0v) is 18.1. The number of aliphatic carboxylic acids is 1. The summed E-state index contributed by atoms with van der Waals surface area (Å²) in [7, 11) is 0. The summed E-state index contributed by atoms with van der Waals surface area (Å²) in [6, 6.07) is 13.1. The Labute approximate surface area is 189 Å². The molecule has 0 saturated carbocycles. The van der Waals surface area contributed by atoms with Gasteiger partial charge in [0.25, 0.3) is 0 Å². The Balaban J connectivity index is 1.60. The Morgan fingerprint density at radius 3 is 2.55 bits per heavy atom. The van der Waals surface area contributed by atoms with Gasteiger partial charge in [-0.3, -0.25) is 9.78 Å². The number of carbonyl (C=O) groups is 1. The van der Waals surface area contributed by atoms with Gasteiger partial charge < -0.3 is 10.8 Å². The average Bonchev–Trinajstić information content (AvgIpc) is 3.22. The van der Waals surface area contributed by atoms with E-state index in [0.717, 1.165) is 0 Å². The summed E-state index contributed by atoms with van der Waals surface area (Å²) in [4.78, 5) is 24.5. The smallest absolute Gasteiger partial charge is 0.312 e. The molecule has 3 N–H and O–H groups in total. The molecule has 10 heteroatoms. The minimum Gasteiger partial charge on any atom is -0.481 e. The number of carboxylic acid groups (broad SMARTS) is 1. The van der Waals surface area contributed by atoms with Gasteiger partial charge in [-0.1, -0.05) is 37.3 Å². The Hall–Kier alpha value is -4.21. The number of anilines is 1. The first-order valence-electron chi connectivity index (χ1n) is 10.3. The lowest BCUT2D eigenvalue weighted by Gasteiger charge is -2.16. The van der Waals surface area contributed by atoms with Crippen LogP contribution in [0.1, 0.15) is 31.2 Å². The third-order valence-corrected chi connectivity index (χ3v) is 5.10. The Morgan fingerprint density at radius 2 is 1.82 bits per heavy atom. The molecule has 9 nitrogen and oxygen atoms in total. The molecule has 168 valence electrons. The van der Waals surface area contributed by atoms with E-state index in [4.69, 9.17) is 5.73 Å². The molecular formula is C23H22FN7O2. The summed E-state index contributed by atoms with van der Waals surface area (Å²) in [5.74, 6) is -2.14. The number of nitrogens with zero attached hydrogens (tertiary/aromatic N) is 6. The average molecular weight is 447 g/mol. The van der Waals surface area contributed by atoms with Crippen molar-refractivity contribution >= 4 is 11.9 Å². The highest BCUT2D eigenvalue weighted by Gasteiger charge is 2.25. The number of aromatic nitrogens is 6. The number of nitrogen functional groups attached to an aromatic ring is 1. The first kappa shape index (κ1) is 22.0. The third-order valence-electron chi connectivity index (χ3n) is 5.10. The summed E-state index contributed by atoms with van der Waals surface area (Å²) in [6.07, 6.45) is 1.67. The quantitative estimate of drug-likeness (QED) is 0.440. The van der Waals surface area contributed by atoms with Gasteiger partial charge >= 0.3 is 5.97 Å². The molecule has 0 bridgehead atoms. The van der Waals surface area contributed by atoms with Gasteiger partial charge in [0.15, 0.2) is 0 Å². The fraction of sp³-hybridized carbons (Fsp3) is 0.217. The van der Waals surface area contributed by atoms with Gasteiger partial charge in [-0.2, -0.15) is 0 Å². The van der Waals surface area contributed by atoms with E-state index in [1.165, 1.54) is 6.07 Å². The number of pyridine rings is 1. The minimum absolute atomic E-state index is 0.0110. The molecule has 1 unspecified atom stereocenters. The maximum absolute atomic E-state index is 14.2. The second-order valence-electron chi connectivity index (χ2n) is 7.89. The molecule has 0 spiro atoms. The first-order valence-corrected chi connectivity index (χ1v) is 10.3. The molecule has 33 heavy (non-hydrogen) atoms. The van der Waals surface area contributed by atoms with Crippen molar-refractivity contribution in [2.45, 2.75) is 26.3 Å². The van der Waals surface area contributed by atoms with E-state index in [2.05, 4.69) is 25.3 Å². The van der Waals surface area contributed by atoms with Crippen LogP contribution in [0.3, 0.4) is 0 Å². The molecule has 0 aliphatic heterocycles. The van der Waals surface area contributed by atoms with Gasteiger partial charge in [-0.15, -0.1) is 5.10 Å². The SMILES string of the molecule is CC(C)C(C(=O)O)c1cccc(Cn2cc(-c3cc(-c4ccccc4F)nc(N)n3)nn2)n1. The Kier molecular flexibility index (Phi) is 6.07. The molecule has 1 aromatic carbocycles. The van der Waals surface area contributed by atoms with Crippen molar-refractivity contribution < 1.29 is 14.3 Å². The number of carboxylic acids is 1. The van der Waals surface area contributed by atoms with Gasteiger partial charge in [0.05, 0.1) is 35.5 Å². The molecule has 4 rings (SSSR count).